The molecule has 0 saturated heterocycles. The number of thiophene rings is 1. The Morgan fingerprint density at radius 3 is 2.62 bits per heavy atom. The Kier molecular flexibility index (Phi) is 6.47. The summed E-state index contributed by atoms with van der Waals surface area (Å²) in [6.07, 6.45) is 3.99. The van der Waals surface area contributed by atoms with Crippen molar-refractivity contribution in [1.29, 1.82) is 0 Å². The highest BCUT2D eigenvalue weighted by Crippen LogP contribution is 2.45. The van der Waals surface area contributed by atoms with Gasteiger partial charge in [-0.2, -0.15) is 0 Å². The first-order valence-corrected chi connectivity index (χ1v) is 11.3. The Morgan fingerprint density at radius 2 is 1.97 bits per heavy atom. The summed E-state index contributed by atoms with van der Waals surface area (Å²) in [7, 11) is 0. The molecule has 29 heavy (non-hydrogen) atoms. The van der Waals surface area contributed by atoms with Crippen LogP contribution in [-0.4, -0.2) is 18.5 Å². The molecule has 0 bridgehead atoms. The van der Waals surface area contributed by atoms with Crippen LogP contribution in [0.1, 0.15) is 77.3 Å². The van der Waals surface area contributed by atoms with Gasteiger partial charge in [-0.3, -0.25) is 4.79 Å². The lowest BCUT2D eigenvalue weighted by Crippen LogP contribution is -2.28. The monoisotopic (exact) mass is 413 g/mol. The average Bonchev–Trinajstić information content (AvgIpc) is 3.05. The van der Waals surface area contributed by atoms with E-state index in [1.54, 1.807) is 11.3 Å². The molecule has 5 heteroatoms. The van der Waals surface area contributed by atoms with Crippen molar-refractivity contribution in [2.45, 2.75) is 60.3 Å². The Labute approximate surface area is 177 Å². The lowest BCUT2D eigenvalue weighted by molar-refractivity contribution is 0.0526. The molecule has 0 spiro atoms. The molecule has 0 fully saturated rings. The maximum absolute atomic E-state index is 12.9. The van der Waals surface area contributed by atoms with Crippen LogP contribution < -0.4 is 5.32 Å². The SMILES string of the molecule is CCOC(=O)c1c(NC(=O)c2ccccc2C)sc2c1CCC(C(C)(C)CC)C2. The van der Waals surface area contributed by atoms with Crippen LogP contribution in [0.25, 0.3) is 0 Å². The molecule has 4 nitrogen and oxygen atoms in total. The van der Waals surface area contributed by atoms with E-state index < -0.39 is 0 Å². The fourth-order valence-corrected chi connectivity index (χ4v) is 5.36. The number of aryl methyl sites for hydroxylation is 1. The molecular weight excluding hydrogens is 382 g/mol. The predicted molar refractivity (Wildman–Crippen MR) is 119 cm³/mol. The van der Waals surface area contributed by atoms with Crippen molar-refractivity contribution in [2.75, 3.05) is 11.9 Å². The van der Waals surface area contributed by atoms with Gasteiger partial charge in [-0.05, 0) is 61.6 Å². The topological polar surface area (TPSA) is 55.4 Å². The number of fused-ring (bicyclic) bond motifs is 1. The van der Waals surface area contributed by atoms with Gasteiger partial charge < -0.3 is 10.1 Å². The molecule has 1 heterocycles. The lowest BCUT2D eigenvalue weighted by Gasteiger charge is -2.36. The van der Waals surface area contributed by atoms with E-state index in [-0.39, 0.29) is 17.3 Å². The molecule has 1 atom stereocenters. The van der Waals surface area contributed by atoms with Gasteiger partial charge in [0.15, 0.2) is 0 Å². The summed E-state index contributed by atoms with van der Waals surface area (Å²) in [5.74, 6) is 0.0598. The number of hydrogen-bond donors (Lipinski definition) is 1. The van der Waals surface area contributed by atoms with Gasteiger partial charge >= 0.3 is 5.97 Å². The van der Waals surface area contributed by atoms with Crippen molar-refractivity contribution in [3.63, 3.8) is 0 Å². The van der Waals surface area contributed by atoms with Crippen LogP contribution >= 0.6 is 11.3 Å². The smallest absolute Gasteiger partial charge is 0.341 e. The molecule has 1 aromatic heterocycles. The van der Waals surface area contributed by atoms with Crippen molar-refractivity contribution >= 4 is 28.2 Å². The summed E-state index contributed by atoms with van der Waals surface area (Å²) in [4.78, 5) is 26.9. The molecule has 0 radical (unpaired) electrons. The van der Waals surface area contributed by atoms with Gasteiger partial charge in [-0.15, -0.1) is 11.3 Å². The van der Waals surface area contributed by atoms with Crippen LogP contribution in [0.4, 0.5) is 5.00 Å². The van der Waals surface area contributed by atoms with Crippen molar-refractivity contribution in [2.24, 2.45) is 11.3 Å². The molecule has 2 aromatic rings. The van der Waals surface area contributed by atoms with Crippen molar-refractivity contribution in [3.05, 3.63) is 51.4 Å². The summed E-state index contributed by atoms with van der Waals surface area (Å²) >= 11 is 1.54. The number of carbonyl (C=O) groups is 2. The number of benzene rings is 1. The number of carbonyl (C=O) groups excluding carboxylic acids is 2. The maximum atomic E-state index is 12.9. The van der Waals surface area contributed by atoms with Crippen LogP contribution in [-0.2, 0) is 17.6 Å². The number of ether oxygens (including phenoxy) is 1. The third-order valence-corrected chi connectivity index (χ3v) is 7.55. The highest BCUT2D eigenvalue weighted by molar-refractivity contribution is 7.17. The zero-order valence-electron chi connectivity index (χ0n) is 18.1. The molecule has 1 aliphatic rings. The van der Waals surface area contributed by atoms with E-state index in [0.29, 0.717) is 28.7 Å². The Morgan fingerprint density at radius 1 is 1.24 bits per heavy atom. The molecule has 1 aliphatic carbocycles. The standard InChI is InChI=1S/C24H31NO3S/c1-6-24(4,5)16-12-13-18-19(14-16)29-22(20(18)23(27)28-7-2)25-21(26)17-11-9-8-10-15(17)3/h8-11,16H,6-7,12-14H2,1-5H3,(H,25,26). The van der Waals surface area contributed by atoms with E-state index in [2.05, 4.69) is 26.1 Å². The summed E-state index contributed by atoms with van der Waals surface area (Å²) in [5.41, 5.74) is 3.42. The Hall–Kier alpha value is -2.14. The minimum absolute atomic E-state index is 0.183. The molecule has 0 aliphatic heterocycles. The van der Waals surface area contributed by atoms with E-state index in [9.17, 15) is 9.59 Å². The van der Waals surface area contributed by atoms with Gasteiger partial charge in [0.1, 0.15) is 5.00 Å². The van der Waals surface area contributed by atoms with Crippen molar-refractivity contribution < 1.29 is 14.3 Å². The zero-order valence-corrected chi connectivity index (χ0v) is 18.9. The second kappa shape index (κ2) is 8.70. The van der Waals surface area contributed by atoms with Crippen LogP contribution in [0.3, 0.4) is 0 Å². The Balaban J connectivity index is 1.96. The first-order chi connectivity index (χ1) is 13.8. The summed E-state index contributed by atoms with van der Waals surface area (Å²) < 4.78 is 5.34. The fourth-order valence-electron chi connectivity index (χ4n) is 4.05. The number of anilines is 1. The minimum atomic E-state index is -0.335. The molecule has 1 N–H and O–H groups in total. The predicted octanol–water partition coefficient (Wildman–Crippen LogP) is 6.03. The summed E-state index contributed by atoms with van der Waals surface area (Å²) in [6.45, 7) is 10.9. The first-order valence-electron chi connectivity index (χ1n) is 10.5. The molecule has 1 amide bonds. The third kappa shape index (κ3) is 4.40. The second-order valence-corrected chi connectivity index (χ2v) is 9.58. The van der Waals surface area contributed by atoms with E-state index in [1.807, 2.05) is 38.1 Å². The van der Waals surface area contributed by atoms with Crippen LogP contribution in [0.5, 0.6) is 0 Å². The number of hydrogen-bond acceptors (Lipinski definition) is 4. The first kappa shape index (κ1) is 21.6. The van der Waals surface area contributed by atoms with Crippen LogP contribution in [0.2, 0.25) is 0 Å². The minimum Gasteiger partial charge on any atom is -0.462 e. The molecule has 156 valence electrons. The van der Waals surface area contributed by atoms with Gasteiger partial charge in [0.2, 0.25) is 0 Å². The largest absolute Gasteiger partial charge is 0.462 e. The van der Waals surface area contributed by atoms with Gasteiger partial charge in [0, 0.05) is 10.4 Å². The molecule has 1 aromatic carbocycles. The van der Waals surface area contributed by atoms with E-state index in [1.165, 1.54) is 4.88 Å². The molecule has 1 unspecified atom stereocenters. The van der Waals surface area contributed by atoms with Gasteiger partial charge in [0.25, 0.3) is 5.91 Å². The Bertz CT molecular complexity index is 913. The highest BCUT2D eigenvalue weighted by Gasteiger charge is 2.35. The summed E-state index contributed by atoms with van der Waals surface area (Å²) in [5, 5.41) is 3.63. The maximum Gasteiger partial charge on any atom is 0.341 e. The zero-order chi connectivity index (χ0) is 21.2. The molecular formula is C24H31NO3S. The highest BCUT2D eigenvalue weighted by atomic mass is 32.1. The number of esters is 1. The summed E-state index contributed by atoms with van der Waals surface area (Å²) in [6, 6.07) is 7.49. The van der Waals surface area contributed by atoms with Crippen molar-refractivity contribution in [1.82, 2.24) is 0 Å². The van der Waals surface area contributed by atoms with Crippen LogP contribution in [0.15, 0.2) is 24.3 Å². The van der Waals surface area contributed by atoms with E-state index in [4.69, 9.17) is 4.74 Å². The van der Waals surface area contributed by atoms with Gasteiger partial charge in [-0.1, -0.05) is 45.4 Å². The number of nitrogens with one attached hydrogen (secondary N) is 1. The average molecular weight is 414 g/mol. The number of amides is 1. The van der Waals surface area contributed by atoms with Gasteiger partial charge in [-0.25, -0.2) is 4.79 Å². The quantitative estimate of drug-likeness (QED) is 0.589. The second-order valence-electron chi connectivity index (χ2n) is 8.48. The van der Waals surface area contributed by atoms with Crippen molar-refractivity contribution in [3.8, 4) is 0 Å². The lowest BCUT2D eigenvalue weighted by atomic mass is 9.69. The van der Waals surface area contributed by atoms with Crippen LogP contribution in [0, 0.1) is 18.3 Å². The molecule has 0 saturated carbocycles. The fraction of sp³-hybridized carbons (Fsp3) is 0.500. The third-order valence-electron chi connectivity index (χ3n) is 6.38. The normalized spacial score (nSPS) is 16.2. The molecule has 3 rings (SSSR count). The van der Waals surface area contributed by atoms with E-state index >= 15 is 0 Å². The van der Waals surface area contributed by atoms with Gasteiger partial charge in [0.05, 0.1) is 12.2 Å². The number of rotatable bonds is 6. The van der Waals surface area contributed by atoms with E-state index in [0.717, 1.165) is 36.8 Å².